The predicted octanol–water partition coefficient (Wildman–Crippen LogP) is 1.11. The van der Waals surface area contributed by atoms with Crippen LogP contribution in [0.3, 0.4) is 0 Å². The van der Waals surface area contributed by atoms with Crippen LogP contribution in [0.15, 0.2) is 28.7 Å². The molecule has 1 aliphatic rings. The third-order valence-corrected chi connectivity index (χ3v) is 3.95. The van der Waals surface area contributed by atoms with Gasteiger partial charge in [0, 0.05) is 30.0 Å². The van der Waals surface area contributed by atoms with Crippen molar-refractivity contribution in [2.24, 2.45) is 5.92 Å². The monoisotopic (exact) mass is 348 g/mol. The molecular weight excluding hydrogens is 332 g/mol. The molecule has 1 fully saturated rings. The number of carbonyl (C=O) groups excluding carboxylic acids is 1. The van der Waals surface area contributed by atoms with Crippen molar-refractivity contribution >= 4 is 34.2 Å². The minimum atomic E-state index is -0.353. The molecule has 106 valence electrons. The largest absolute Gasteiger partial charge is 0.391 e. The van der Waals surface area contributed by atoms with Gasteiger partial charge in [-0.3, -0.25) is 4.79 Å². The fourth-order valence-corrected chi connectivity index (χ4v) is 2.47. The highest BCUT2D eigenvalue weighted by Crippen LogP contribution is 2.16. The van der Waals surface area contributed by atoms with Crippen LogP contribution >= 0.6 is 28.3 Å². The molecule has 1 aromatic rings. The van der Waals surface area contributed by atoms with E-state index in [0.29, 0.717) is 19.5 Å². The number of rotatable bonds is 4. The Kier molecular flexibility index (Phi) is 6.79. The number of hydrogen-bond acceptors (Lipinski definition) is 3. The fourth-order valence-electron chi connectivity index (χ4n) is 2.05. The van der Waals surface area contributed by atoms with Gasteiger partial charge in [0.2, 0.25) is 5.91 Å². The van der Waals surface area contributed by atoms with E-state index < -0.39 is 0 Å². The van der Waals surface area contributed by atoms with Crippen LogP contribution < -0.4 is 10.6 Å². The Labute approximate surface area is 127 Å². The maximum atomic E-state index is 11.8. The van der Waals surface area contributed by atoms with Gasteiger partial charge in [0.1, 0.15) is 0 Å². The average Bonchev–Trinajstić information content (AvgIpc) is 2.75. The summed E-state index contributed by atoms with van der Waals surface area (Å²) >= 11 is 3.42. The summed E-state index contributed by atoms with van der Waals surface area (Å²) < 4.78 is 0.947. The molecule has 0 radical (unpaired) electrons. The summed E-state index contributed by atoms with van der Waals surface area (Å²) in [5, 5.41) is 15.6. The van der Waals surface area contributed by atoms with Crippen LogP contribution in [0, 0.1) is 5.92 Å². The van der Waals surface area contributed by atoms with Gasteiger partial charge in [-0.15, -0.1) is 12.4 Å². The predicted molar refractivity (Wildman–Crippen MR) is 80.5 cm³/mol. The lowest BCUT2D eigenvalue weighted by molar-refractivity contribution is -0.120. The summed E-state index contributed by atoms with van der Waals surface area (Å²) in [6.07, 6.45) is 0.00580. The van der Waals surface area contributed by atoms with Crippen LogP contribution in [0.2, 0.25) is 0 Å². The van der Waals surface area contributed by atoms with E-state index in [0.717, 1.165) is 16.6 Å². The van der Waals surface area contributed by atoms with E-state index in [1.54, 1.807) is 0 Å². The van der Waals surface area contributed by atoms with E-state index in [-0.39, 0.29) is 30.3 Å². The molecule has 2 rings (SSSR count). The van der Waals surface area contributed by atoms with Crippen molar-refractivity contribution in [3.05, 3.63) is 34.3 Å². The number of amides is 1. The molecule has 6 heteroatoms. The second kappa shape index (κ2) is 7.85. The molecule has 4 nitrogen and oxygen atoms in total. The Morgan fingerprint density at radius 3 is 2.79 bits per heavy atom. The van der Waals surface area contributed by atoms with Crippen molar-refractivity contribution in [1.82, 2.24) is 10.6 Å². The number of aliphatic hydroxyl groups excluding tert-OH is 1. The van der Waals surface area contributed by atoms with Crippen molar-refractivity contribution in [2.45, 2.75) is 12.5 Å². The molecule has 19 heavy (non-hydrogen) atoms. The molecule has 0 saturated carbocycles. The van der Waals surface area contributed by atoms with Crippen LogP contribution in [0.25, 0.3) is 0 Å². The van der Waals surface area contributed by atoms with E-state index in [4.69, 9.17) is 0 Å². The molecule has 1 amide bonds. The van der Waals surface area contributed by atoms with E-state index in [1.165, 1.54) is 0 Å². The van der Waals surface area contributed by atoms with Crippen LogP contribution in [0.5, 0.6) is 0 Å². The lowest BCUT2D eigenvalue weighted by atomic mass is 10.1. The minimum Gasteiger partial charge on any atom is -0.391 e. The van der Waals surface area contributed by atoms with Gasteiger partial charge in [-0.1, -0.05) is 34.1 Å². The Hall–Kier alpha value is -0.620. The van der Waals surface area contributed by atoms with Crippen molar-refractivity contribution in [3.63, 3.8) is 0 Å². The highest BCUT2D eigenvalue weighted by Gasteiger charge is 2.24. The third kappa shape index (κ3) is 4.76. The van der Waals surface area contributed by atoms with E-state index >= 15 is 0 Å². The summed E-state index contributed by atoms with van der Waals surface area (Å²) in [6.45, 7) is 1.90. The maximum absolute atomic E-state index is 11.8. The quantitative estimate of drug-likeness (QED) is 0.763. The smallest absolute Gasteiger partial charge is 0.224 e. The van der Waals surface area contributed by atoms with Gasteiger partial charge in [-0.25, -0.2) is 0 Å². The van der Waals surface area contributed by atoms with Crippen LogP contribution in [0.1, 0.15) is 5.56 Å². The zero-order valence-corrected chi connectivity index (χ0v) is 12.8. The Morgan fingerprint density at radius 1 is 1.42 bits per heavy atom. The summed E-state index contributed by atoms with van der Waals surface area (Å²) in [5.74, 6) is 0.106. The van der Waals surface area contributed by atoms with Gasteiger partial charge in [-0.05, 0) is 11.6 Å². The number of aliphatic hydroxyl groups is 1. The van der Waals surface area contributed by atoms with Crippen LogP contribution in [0.4, 0.5) is 0 Å². The van der Waals surface area contributed by atoms with Crippen LogP contribution in [-0.2, 0) is 11.2 Å². The number of hydrogen-bond donors (Lipinski definition) is 3. The number of carbonyl (C=O) groups is 1. The third-order valence-electron chi connectivity index (χ3n) is 3.17. The zero-order valence-electron chi connectivity index (χ0n) is 10.4. The normalized spacial score (nSPS) is 21.8. The topological polar surface area (TPSA) is 61.4 Å². The lowest BCUT2D eigenvalue weighted by Gasteiger charge is -2.14. The van der Waals surface area contributed by atoms with Crippen molar-refractivity contribution in [2.75, 3.05) is 19.6 Å². The molecule has 1 aliphatic heterocycles. The second-order valence-electron chi connectivity index (χ2n) is 4.56. The van der Waals surface area contributed by atoms with Gasteiger partial charge >= 0.3 is 0 Å². The van der Waals surface area contributed by atoms with Gasteiger partial charge in [-0.2, -0.15) is 0 Å². The standard InChI is InChI=1S/C13H17BrN2O2.ClH/c14-11-4-2-1-3-9(11)5-13(18)16-7-10-6-15-8-12(10)17;/h1-4,10,12,15,17H,5-8H2,(H,16,18);1H. The molecule has 2 atom stereocenters. The first-order valence-corrected chi connectivity index (χ1v) is 6.85. The molecule has 3 N–H and O–H groups in total. The molecule has 0 bridgehead atoms. The van der Waals surface area contributed by atoms with Gasteiger partial charge < -0.3 is 15.7 Å². The number of benzene rings is 1. The Bertz CT molecular complexity index is 431. The highest BCUT2D eigenvalue weighted by atomic mass is 79.9. The Morgan fingerprint density at radius 2 is 2.16 bits per heavy atom. The Balaban J connectivity index is 0.00000180. The first-order chi connectivity index (χ1) is 8.66. The summed E-state index contributed by atoms with van der Waals surface area (Å²) in [6, 6.07) is 7.69. The summed E-state index contributed by atoms with van der Waals surface area (Å²) in [4.78, 5) is 11.8. The molecule has 2 unspecified atom stereocenters. The first-order valence-electron chi connectivity index (χ1n) is 6.05. The zero-order chi connectivity index (χ0) is 13.0. The number of halogens is 2. The summed E-state index contributed by atoms with van der Waals surface area (Å²) in [7, 11) is 0. The second-order valence-corrected chi connectivity index (χ2v) is 5.41. The number of nitrogens with one attached hydrogen (secondary N) is 2. The molecule has 1 heterocycles. The van der Waals surface area contributed by atoms with Crippen LogP contribution in [-0.4, -0.2) is 36.8 Å². The van der Waals surface area contributed by atoms with Crippen molar-refractivity contribution in [1.29, 1.82) is 0 Å². The lowest BCUT2D eigenvalue weighted by Crippen LogP contribution is -2.35. The van der Waals surface area contributed by atoms with E-state index in [9.17, 15) is 9.90 Å². The maximum Gasteiger partial charge on any atom is 0.224 e. The molecule has 1 saturated heterocycles. The van der Waals surface area contributed by atoms with Gasteiger partial charge in [0.15, 0.2) is 0 Å². The van der Waals surface area contributed by atoms with E-state index in [1.807, 2.05) is 24.3 Å². The van der Waals surface area contributed by atoms with Crippen molar-refractivity contribution < 1.29 is 9.90 Å². The van der Waals surface area contributed by atoms with Gasteiger partial charge in [0.25, 0.3) is 0 Å². The highest BCUT2D eigenvalue weighted by molar-refractivity contribution is 9.10. The molecule has 0 aromatic heterocycles. The number of β-amino-alcohol motifs (C(OH)–C–C–N with tert-alkyl or cyclic N) is 1. The molecule has 0 aliphatic carbocycles. The van der Waals surface area contributed by atoms with Crippen molar-refractivity contribution in [3.8, 4) is 0 Å². The molecule has 0 spiro atoms. The summed E-state index contributed by atoms with van der Waals surface area (Å²) in [5.41, 5.74) is 0.972. The average molecular weight is 350 g/mol. The minimum absolute atomic E-state index is 0. The van der Waals surface area contributed by atoms with E-state index in [2.05, 4.69) is 26.6 Å². The van der Waals surface area contributed by atoms with Gasteiger partial charge in [0.05, 0.1) is 12.5 Å². The fraction of sp³-hybridized carbons (Fsp3) is 0.462. The first kappa shape index (κ1) is 16.4. The molecule has 1 aromatic carbocycles. The molecular formula is C13H18BrClN2O2. The SMILES string of the molecule is Cl.O=C(Cc1ccccc1Br)NCC1CNCC1O.